The van der Waals surface area contributed by atoms with Crippen LogP contribution < -0.4 is 5.32 Å². The summed E-state index contributed by atoms with van der Waals surface area (Å²) in [6.07, 6.45) is -1.87. The normalized spacial score (nSPS) is 14.4. The van der Waals surface area contributed by atoms with Gasteiger partial charge in [-0.05, 0) is 0 Å². The number of hydrogen-bond acceptors (Lipinski definition) is 2. The largest absolute Gasteiger partial charge is 0.326 e. The lowest BCUT2D eigenvalue weighted by atomic mass is 9.88. The Kier molecular flexibility index (Phi) is 4.65. The molecule has 4 heteroatoms. The maximum Gasteiger partial charge on any atom is 0.227 e. The molecule has 0 saturated carbocycles. The molecular formula is C12H22FNO2. The van der Waals surface area contributed by atoms with Gasteiger partial charge in [-0.2, -0.15) is 0 Å². The maximum absolute atomic E-state index is 13.4. The van der Waals surface area contributed by atoms with Gasteiger partial charge in [0, 0.05) is 10.8 Å². The van der Waals surface area contributed by atoms with Crippen LogP contribution in [0.1, 0.15) is 48.0 Å². The second kappa shape index (κ2) is 4.93. The van der Waals surface area contributed by atoms with Crippen LogP contribution in [-0.4, -0.2) is 18.0 Å². The molecule has 0 spiro atoms. The summed E-state index contributed by atoms with van der Waals surface area (Å²) >= 11 is 0. The number of carbonyl (C=O) groups excluding carboxylic acids is 2. The monoisotopic (exact) mass is 231 g/mol. The number of Topliss-reactive ketones (excluding diaryl/α,β-unsaturated/α-hetero) is 1. The zero-order valence-electron chi connectivity index (χ0n) is 11.0. The maximum atomic E-state index is 13.4. The van der Waals surface area contributed by atoms with Crippen LogP contribution in [0.2, 0.25) is 0 Å². The number of ketones is 1. The van der Waals surface area contributed by atoms with Crippen molar-refractivity contribution in [3.05, 3.63) is 0 Å². The summed E-state index contributed by atoms with van der Waals surface area (Å²) in [5.41, 5.74) is -1.22. The van der Waals surface area contributed by atoms with E-state index in [-0.39, 0.29) is 18.1 Å². The van der Waals surface area contributed by atoms with Crippen LogP contribution in [0.5, 0.6) is 0 Å². The number of carbonyl (C=O) groups is 2. The fraction of sp³-hybridized carbons (Fsp3) is 0.833. The van der Waals surface area contributed by atoms with Crippen LogP contribution in [0.4, 0.5) is 4.39 Å². The van der Waals surface area contributed by atoms with Crippen molar-refractivity contribution in [1.29, 1.82) is 0 Å². The first-order chi connectivity index (χ1) is 6.94. The highest BCUT2D eigenvalue weighted by molar-refractivity contribution is 5.85. The van der Waals surface area contributed by atoms with E-state index < -0.39 is 17.1 Å². The standard InChI is InChI=1S/C12H22FNO2/c1-11(2,3)8(15)7-9(13)14-10(16)12(4,5)6/h9H,7H2,1-6H3,(H,14,16)/t9-/m1/s1. The summed E-state index contributed by atoms with van der Waals surface area (Å²) in [7, 11) is 0. The molecule has 0 saturated heterocycles. The molecule has 16 heavy (non-hydrogen) atoms. The van der Waals surface area contributed by atoms with E-state index in [2.05, 4.69) is 5.32 Å². The molecule has 0 unspecified atom stereocenters. The molecule has 0 fully saturated rings. The first kappa shape index (κ1) is 15.1. The van der Waals surface area contributed by atoms with Crippen molar-refractivity contribution >= 4 is 11.7 Å². The van der Waals surface area contributed by atoms with Crippen molar-refractivity contribution in [1.82, 2.24) is 5.32 Å². The van der Waals surface area contributed by atoms with Crippen LogP contribution in [0, 0.1) is 10.8 Å². The fourth-order valence-electron chi connectivity index (χ4n) is 0.879. The smallest absolute Gasteiger partial charge is 0.227 e. The van der Waals surface area contributed by atoms with E-state index in [0.717, 1.165) is 0 Å². The van der Waals surface area contributed by atoms with Gasteiger partial charge < -0.3 is 5.32 Å². The molecule has 1 atom stereocenters. The van der Waals surface area contributed by atoms with Gasteiger partial charge in [0.2, 0.25) is 5.91 Å². The van der Waals surface area contributed by atoms with Crippen molar-refractivity contribution in [3.8, 4) is 0 Å². The molecule has 94 valence electrons. The molecular weight excluding hydrogens is 209 g/mol. The SMILES string of the molecule is CC(C)(C)C(=O)C[C@H](F)NC(=O)C(C)(C)C. The van der Waals surface area contributed by atoms with Gasteiger partial charge in [-0.25, -0.2) is 4.39 Å². The second-order valence-electron chi connectivity index (χ2n) is 6.07. The highest BCUT2D eigenvalue weighted by atomic mass is 19.1. The summed E-state index contributed by atoms with van der Waals surface area (Å²) in [5, 5.41) is 2.20. The van der Waals surface area contributed by atoms with Crippen molar-refractivity contribution in [2.45, 2.75) is 54.3 Å². The van der Waals surface area contributed by atoms with Crippen molar-refractivity contribution in [2.75, 3.05) is 0 Å². The first-order valence-electron chi connectivity index (χ1n) is 5.43. The van der Waals surface area contributed by atoms with Crippen molar-refractivity contribution in [3.63, 3.8) is 0 Å². The van der Waals surface area contributed by atoms with Crippen LogP contribution in [-0.2, 0) is 9.59 Å². The molecule has 3 nitrogen and oxygen atoms in total. The molecule has 0 aromatic rings. The Bertz CT molecular complexity index is 246. The minimum absolute atomic E-state index is 0.200. The highest BCUT2D eigenvalue weighted by Gasteiger charge is 2.28. The molecule has 0 aliphatic carbocycles. The Morgan fingerprint density at radius 1 is 1.06 bits per heavy atom. The number of nitrogens with one attached hydrogen (secondary N) is 1. The summed E-state index contributed by atoms with van der Waals surface area (Å²) in [6.45, 7) is 10.3. The predicted molar refractivity (Wildman–Crippen MR) is 61.6 cm³/mol. The van der Waals surface area contributed by atoms with E-state index in [9.17, 15) is 14.0 Å². The molecule has 0 bridgehead atoms. The Labute approximate surface area is 96.8 Å². The highest BCUT2D eigenvalue weighted by Crippen LogP contribution is 2.19. The average Bonchev–Trinajstić information content (AvgIpc) is 1.99. The second-order valence-corrected chi connectivity index (χ2v) is 6.07. The minimum Gasteiger partial charge on any atom is -0.326 e. The van der Waals surface area contributed by atoms with Gasteiger partial charge in [0.05, 0.1) is 6.42 Å². The minimum atomic E-state index is -1.60. The Hall–Kier alpha value is -0.930. The Morgan fingerprint density at radius 3 is 1.81 bits per heavy atom. The average molecular weight is 231 g/mol. The molecule has 0 aliphatic rings. The third-order valence-corrected chi connectivity index (χ3v) is 2.17. The topological polar surface area (TPSA) is 46.2 Å². The molecule has 0 aromatic heterocycles. The molecule has 0 aromatic carbocycles. The summed E-state index contributed by atoms with van der Waals surface area (Å²) in [6, 6.07) is 0. The third-order valence-electron chi connectivity index (χ3n) is 2.17. The summed E-state index contributed by atoms with van der Waals surface area (Å²) < 4.78 is 13.4. The lowest BCUT2D eigenvalue weighted by Crippen LogP contribution is -2.41. The fourth-order valence-corrected chi connectivity index (χ4v) is 0.879. The van der Waals surface area contributed by atoms with Gasteiger partial charge in [-0.15, -0.1) is 0 Å². The van der Waals surface area contributed by atoms with E-state index in [1.54, 1.807) is 41.5 Å². The van der Waals surface area contributed by atoms with Gasteiger partial charge >= 0.3 is 0 Å². The number of rotatable bonds is 3. The lowest BCUT2D eigenvalue weighted by Gasteiger charge is -2.22. The van der Waals surface area contributed by atoms with E-state index >= 15 is 0 Å². The van der Waals surface area contributed by atoms with Crippen LogP contribution >= 0.6 is 0 Å². The molecule has 0 aliphatic heterocycles. The Balaban J connectivity index is 4.26. The van der Waals surface area contributed by atoms with Gasteiger partial charge in [0.25, 0.3) is 0 Å². The zero-order chi connectivity index (χ0) is 13.1. The number of alkyl halides is 1. The van der Waals surface area contributed by atoms with Crippen molar-refractivity contribution in [2.24, 2.45) is 10.8 Å². The lowest BCUT2D eigenvalue weighted by molar-refractivity contribution is -0.132. The Morgan fingerprint density at radius 2 is 1.50 bits per heavy atom. The van der Waals surface area contributed by atoms with Crippen LogP contribution in [0.15, 0.2) is 0 Å². The van der Waals surface area contributed by atoms with E-state index in [1.807, 2.05) is 0 Å². The number of halogens is 1. The number of hydrogen-bond donors (Lipinski definition) is 1. The predicted octanol–water partition coefficient (Wildman–Crippen LogP) is 2.45. The molecule has 0 rings (SSSR count). The van der Waals surface area contributed by atoms with Crippen LogP contribution in [0.3, 0.4) is 0 Å². The van der Waals surface area contributed by atoms with E-state index in [4.69, 9.17) is 0 Å². The van der Waals surface area contributed by atoms with Gasteiger partial charge in [0.1, 0.15) is 5.78 Å². The van der Waals surface area contributed by atoms with Crippen molar-refractivity contribution < 1.29 is 14.0 Å². The molecule has 1 amide bonds. The summed E-state index contributed by atoms with van der Waals surface area (Å²) in [5.74, 6) is -0.587. The van der Waals surface area contributed by atoms with Gasteiger partial charge in [-0.1, -0.05) is 41.5 Å². The van der Waals surface area contributed by atoms with E-state index in [1.165, 1.54) is 0 Å². The third kappa shape index (κ3) is 5.24. The van der Waals surface area contributed by atoms with E-state index in [0.29, 0.717) is 0 Å². The van der Waals surface area contributed by atoms with Crippen LogP contribution in [0.25, 0.3) is 0 Å². The summed E-state index contributed by atoms with van der Waals surface area (Å²) in [4.78, 5) is 23.0. The quantitative estimate of drug-likeness (QED) is 0.758. The molecule has 0 radical (unpaired) electrons. The molecule has 1 N–H and O–H groups in total. The van der Waals surface area contributed by atoms with Gasteiger partial charge in [-0.3, -0.25) is 9.59 Å². The zero-order valence-corrected chi connectivity index (χ0v) is 11.0. The van der Waals surface area contributed by atoms with Gasteiger partial charge in [0.15, 0.2) is 6.30 Å². The first-order valence-corrected chi connectivity index (χ1v) is 5.43. The molecule has 0 heterocycles. The number of amides is 1.